The zero-order chi connectivity index (χ0) is 20.0. The van der Waals surface area contributed by atoms with Gasteiger partial charge >= 0.3 is 5.97 Å². The number of aromatic nitrogens is 3. The molecule has 1 aromatic carbocycles. The lowest BCUT2D eigenvalue weighted by atomic mass is 10.1. The number of phenolic OH excluding ortho intramolecular Hbond substituents is 1. The van der Waals surface area contributed by atoms with Crippen molar-refractivity contribution in [2.75, 3.05) is 18.7 Å². The van der Waals surface area contributed by atoms with E-state index in [-0.39, 0.29) is 28.8 Å². The summed E-state index contributed by atoms with van der Waals surface area (Å²) in [5.41, 5.74) is 0.370. The van der Waals surface area contributed by atoms with Gasteiger partial charge in [0.25, 0.3) is 5.56 Å². The highest BCUT2D eigenvalue weighted by atomic mass is 32.2. The number of thioether (sulfide) groups is 1. The summed E-state index contributed by atoms with van der Waals surface area (Å²) in [7, 11) is 1.22. The van der Waals surface area contributed by atoms with Gasteiger partial charge in [0.15, 0.2) is 0 Å². The zero-order valence-electron chi connectivity index (χ0n) is 14.7. The Morgan fingerprint density at radius 2 is 2.00 bits per heavy atom. The first-order chi connectivity index (χ1) is 12.8. The molecule has 0 radical (unpaired) electrons. The van der Waals surface area contributed by atoms with Gasteiger partial charge in [-0.05, 0) is 24.6 Å². The summed E-state index contributed by atoms with van der Waals surface area (Å²) >= 11 is 0.915. The molecule has 144 valence electrons. The first-order valence-corrected chi connectivity index (χ1v) is 8.79. The van der Waals surface area contributed by atoms with E-state index < -0.39 is 23.5 Å². The van der Waals surface area contributed by atoms with Crippen molar-refractivity contribution in [2.24, 2.45) is 0 Å². The third-order valence-corrected chi connectivity index (χ3v) is 4.49. The predicted octanol–water partition coefficient (Wildman–Crippen LogP) is -0.641. The predicted molar refractivity (Wildman–Crippen MR) is 97.7 cm³/mol. The minimum atomic E-state index is -0.906. The van der Waals surface area contributed by atoms with Gasteiger partial charge in [0, 0.05) is 6.42 Å². The van der Waals surface area contributed by atoms with E-state index in [1.54, 1.807) is 12.1 Å². The Kier molecular flexibility index (Phi) is 6.77. The Labute approximate surface area is 158 Å². The van der Waals surface area contributed by atoms with Crippen LogP contribution in [0.4, 0.5) is 0 Å². The number of hydrogen-bond donors (Lipinski definition) is 3. The fourth-order valence-electron chi connectivity index (χ4n) is 2.14. The van der Waals surface area contributed by atoms with Gasteiger partial charge in [0.05, 0.1) is 12.9 Å². The van der Waals surface area contributed by atoms with E-state index in [2.05, 4.69) is 15.5 Å². The number of carbonyl (C=O) groups excluding carboxylic acids is 2. The number of hydrogen-bond acceptors (Lipinski definition) is 9. The lowest BCUT2D eigenvalue weighted by Crippen LogP contribution is -2.44. The fourth-order valence-corrected chi connectivity index (χ4v) is 2.80. The molecule has 0 aliphatic heterocycles. The van der Waals surface area contributed by atoms with Crippen molar-refractivity contribution < 1.29 is 19.4 Å². The number of esters is 1. The number of nitrogens with two attached hydrogens (primary N) is 1. The molecule has 0 saturated carbocycles. The minimum Gasteiger partial charge on any atom is -0.508 e. The number of carbonyl (C=O) groups is 2. The highest BCUT2D eigenvalue weighted by Gasteiger charge is 2.22. The first kappa shape index (κ1) is 20.2. The Balaban J connectivity index is 2.01. The number of nitrogens with one attached hydrogen (secondary N) is 1. The lowest BCUT2D eigenvalue weighted by Gasteiger charge is -2.16. The van der Waals surface area contributed by atoms with Crippen LogP contribution >= 0.6 is 11.8 Å². The van der Waals surface area contributed by atoms with Gasteiger partial charge in [0.1, 0.15) is 17.5 Å². The molecule has 11 heteroatoms. The molecule has 0 bridgehead atoms. The molecular formula is C16H19N5O5S. The topological polar surface area (TPSA) is 149 Å². The van der Waals surface area contributed by atoms with E-state index in [0.29, 0.717) is 0 Å². The highest BCUT2D eigenvalue weighted by Crippen LogP contribution is 2.13. The van der Waals surface area contributed by atoms with Crippen LogP contribution in [0.2, 0.25) is 0 Å². The summed E-state index contributed by atoms with van der Waals surface area (Å²) in [6.45, 7) is 1.48. The van der Waals surface area contributed by atoms with Crippen LogP contribution < -0.4 is 16.7 Å². The van der Waals surface area contributed by atoms with Crippen LogP contribution in [-0.4, -0.2) is 50.8 Å². The molecule has 0 saturated heterocycles. The number of amides is 1. The maximum Gasteiger partial charge on any atom is 0.328 e. The van der Waals surface area contributed by atoms with Crippen molar-refractivity contribution in [3.05, 3.63) is 45.9 Å². The van der Waals surface area contributed by atoms with Gasteiger partial charge in [-0.25, -0.2) is 4.79 Å². The smallest absolute Gasteiger partial charge is 0.328 e. The normalized spacial score (nSPS) is 11.6. The third-order valence-electron chi connectivity index (χ3n) is 3.55. The van der Waals surface area contributed by atoms with Crippen LogP contribution in [0.5, 0.6) is 5.75 Å². The average Bonchev–Trinajstić information content (AvgIpc) is 2.66. The highest BCUT2D eigenvalue weighted by molar-refractivity contribution is 7.99. The van der Waals surface area contributed by atoms with Crippen molar-refractivity contribution in [3.63, 3.8) is 0 Å². The number of ether oxygens (including phenoxy) is 1. The summed E-state index contributed by atoms with van der Waals surface area (Å²) in [6.07, 6.45) is 0.190. The summed E-state index contributed by atoms with van der Waals surface area (Å²) in [6, 6.07) is 5.34. The van der Waals surface area contributed by atoms with Gasteiger partial charge in [-0.3, -0.25) is 9.59 Å². The van der Waals surface area contributed by atoms with Crippen LogP contribution in [0.15, 0.2) is 34.2 Å². The van der Waals surface area contributed by atoms with Crippen LogP contribution in [0.3, 0.4) is 0 Å². The maximum atomic E-state index is 12.2. The second kappa shape index (κ2) is 9.03. The average molecular weight is 393 g/mol. The Morgan fingerprint density at radius 1 is 1.33 bits per heavy atom. The summed E-state index contributed by atoms with van der Waals surface area (Å²) in [5.74, 6) is 4.51. The van der Waals surface area contributed by atoms with Gasteiger partial charge < -0.3 is 21.0 Å². The summed E-state index contributed by atoms with van der Waals surface area (Å²) in [4.78, 5) is 35.9. The van der Waals surface area contributed by atoms with E-state index in [4.69, 9.17) is 10.6 Å². The second-order valence-electron chi connectivity index (χ2n) is 5.55. The number of aryl methyl sites for hydroxylation is 1. The molecule has 10 nitrogen and oxygen atoms in total. The summed E-state index contributed by atoms with van der Waals surface area (Å²) < 4.78 is 5.54. The monoisotopic (exact) mass is 393 g/mol. The van der Waals surface area contributed by atoms with Crippen molar-refractivity contribution in [1.29, 1.82) is 0 Å². The van der Waals surface area contributed by atoms with E-state index in [1.165, 1.54) is 26.2 Å². The molecule has 0 aliphatic carbocycles. The Morgan fingerprint density at radius 3 is 2.63 bits per heavy atom. The molecule has 1 unspecified atom stereocenters. The van der Waals surface area contributed by atoms with Crippen molar-refractivity contribution in [3.8, 4) is 5.75 Å². The Bertz CT molecular complexity index is 884. The number of benzene rings is 1. The van der Waals surface area contributed by atoms with Crippen LogP contribution in [0.1, 0.15) is 11.3 Å². The molecule has 0 fully saturated rings. The van der Waals surface area contributed by atoms with Gasteiger partial charge in [-0.15, -0.1) is 10.2 Å². The number of nitrogen functional groups attached to an aromatic ring is 1. The zero-order valence-corrected chi connectivity index (χ0v) is 15.5. The number of rotatable bonds is 7. The van der Waals surface area contributed by atoms with Crippen LogP contribution in [0.25, 0.3) is 0 Å². The molecule has 0 spiro atoms. The molecule has 1 heterocycles. The molecule has 4 N–H and O–H groups in total. The van der Waals surface area contributed by atoms with Crippen molar-refractivity contribution in [1.82, 2.24) is 20.2 Å². The lowest BCUT2D eigenvalue weighted by molar-refractivity contribution is -0.144. The molecule has 2 rings (SSSR count). The van der Waals surface area contributed by atoms with Crippen molar-refractivity contribution in [2.45, 2.75) is 24.5 Å². The van der Waals surface area contributed by atoms with Gasteiger partial charge in [-0.2, -0.15) is 4.68 Å². The SMILES string of the molecule is COC(=O)C(Cc1ccc(O)cc1)NC(=O)CSc1nnc(C)c(=O)n1N. The first-order valence-electron chi connectivity index (χ1n) is 7.81. The quantitative estimate of drug-likeness (QED) is 0.317. The van der Waals surface area contributed by atoms with E-state index in [9.17, 15) is 19.5 Å². The second-order valence-corrected chi connectivity index (χ2v) is 6.49. The molecule has 1 amide bonds. The van der Waals surface area contributed by atoms with Crippen molar-refractivity contribution >= 4 is 23.6 Å². The van der Waals surface area contributed by atoms with E-state index in [0.717, 1.165) is 22.0 Å². The number of nitrogens with zero attached hydrogens (tertiary/aromatic N) is 3. The number of aromatic hydroxyl groups is 1. The largest absolute Gasteiger partial charge is 0.508 e. The molecule has 2 aromatic rings. The summed E-state index contributed by atoms with van der Waals surface area (Å²) in [5, 5.41) is 19.4. The third kappa shape index (κ3) is 5.45. The molecule has 1 aromatic heterocycles. The van der Waals surface area contributed by atoms with E-state index >= 15 is 0 Å². The van der Waals surface area contributed by atoms with E-state index in [1.807, 2.05) is 0 Å². The number of phenols is 1. The fraction of sp³-hybridized carbons (Fsp3) is 0.312. The minimum absolute atomic E-state index is 0.0777. The van der Waals surface area contributed by atoms with Crippen LogP contribution in [0, 0.1) is 6.92 Å². The van der Waals surface area contributed by atoms with Crippen LogP contribution in [-0.2, 0) is 20.7 Å². The molecule has 27 heavy (non-hydrogen) atoms. The molecular weight excluding hydrogens is 374 g/mol. The maximum absolute atomic E-state index is 12.2. The van der Waals surface area contributed by atoms with Gasteiger partial charge in [0.2, 0.25) is 11.1 Å². The standard InChI is InChI=1S/C16H19N5O5S/c1-9-14(24)21(17)16(20-19-9)27-8-13(23)18-12(15(25)26-2)7-10-3-5-11(22)6-4-10/h3-6,12,22H,7-8,17H2,1-2H3,(H,18,23). The number of methoxy groups -OCH3 is 1. The Hall–Kier alpha value is -3.08. The van der Waals surface area contributed by atoms with Gasteiger partial charge in [-0.1, -0.05) is 23.9 Å². The molecule has 1 atom stereocenters. The molecule has 0 aliphatic rings.